The Balaban J connectivity index is 1.82. The fourth-order valence-corrected chi connectivity index (χ4v) is 2.56. The Bertz CT molecular complexity index is 591. The summed E-state index contributed by atoms with van der Waals surface area (Å²) in [5, 5.41) is 11.0. The van der Waals surface area contributed by atoms with Gasteiger partial charge in [0.05, 0.1) is 12.1 Å². The van der Waals surface area contributed by atoms with Crippen LogP contribution in [0.1, 0.15) is 23.6 Å². The highest BCUT2D eigenvalue weighted by Gasteiger charge is 2.34. The quantitative estimate of drug-likeness (QED) is 0.851. The van der Waals surface area contributed by atoms with Crippen LogP contribution in [0.25, 0.3) is 0 Å². The molecule has 3 heteroatoms. The number of hydroxylamine groups is 2. The van der Waals surface area contributed by atoms with Crippen molar-refractivity contribution in [3.63, 3.8) is 0 Å². The Morgan fingerprint density at radius 1 is 1.05 bits per heavy atom. The molecule has 0 N–H and O–H groups in total. The van der Waals surface area contributed by atoms with E-state index in [0.29, 0.717) is 13.0 Å². The zero-order valence-corrected chi connectivity index (χ0v) is 11.1. The molecule has 100 valence electrons. The predicted octanol–water partition coefficient (Wildman–Crippen LogP) is 3.46. The van der Waals surface area contributed by atoms with Gasteiger partial charge in [-0.2, -0.15) is 10.3 Å². The van der Waals surface area contributed by atoms with E-state index in [1.807, 2.05) is 41.5 Å². The molecular weight excluding hydrogens is 248 g/mol. The summed E-state index contributed by atoms with van der Waals surface area (Å²) in [5.74, 6) is 0. The van der Waals surface area contributed by atoms with Gasteiger partial charge in [-0.25, -0.2) is 0 Å². The van der Waals surface area contributed by atoms with Gasteiger partial charge in [-0.15, -0.1) is 0 Å². The molecule has 1 heterocycles. The number of hydrogen-bond donors (Lipinski definition) is 0. The number of benzene rings is 2. The Morgan fingerprint density at radius 2 is 1.70 bits per heavy atom. The van der Waals surface area contributed by atoms with Crippen molar-refractivity contribution >= 4 is 0 Å². The van der Waals surface area contributed by atoms with Crippen LogP contribution < -0.4 is 0 Å². The van der Waals surface area contributed by atoms with Gasteiger partial charge < -0.3 is 0 Å². The zero-order chi connectivity index (χ0) is 13.8. The van der Waals surface area contributed by atoms with Crippen molar-refractivity contribution in [2.24, 2.45) is 0 Å². The van der Waals surface area contributed by atoms with Gasteiger partial charge in [0, 0.05) is 13.0 Å². The van der Waals surface area contributed by atoms with E-state index >= 15 is 0 Å². The lowest BCUT2D eigenvalue weighted by molar-refractivity contribution is -0.157. The lowest BCUT2D eigenvalue weighted by atomic mass is 10.0. The molecule has 2 aromatic carbocycles. The van der Waals surface area contributed by atoms with Crippen molar-refractivity contribution in [2.45, 2.75) is 25.1 Å². The second kappa shape index (κ2) is 5.87. The van der Waals surface area contributed by atoms with E-state index < -0.39 is 0 Å². The van der Waals surface area contributed by atoms with Crippen LogP contribution in [-0.2, 0) is 11.4 Å². The summed E-state index contributed by atoms with van der Waals surface area (Å²) in [6.45, 7) is 0.693. The van der Waals surface area contributed by atoms with E-state index in [1.54, 1.807) is 0 Å². The maximum atomic E-state index is 9.11. The minimum atomic E-state index is -0.357. The molecule has 3 nitrogen and oxygen atoms in total. The van der Waals surface area contributed by atoms with E-state index in [-0.39, 0.29) is 12.1 Å². The highest BCUT2D eigenvalue weighted by atomic mass is 16.7. The molecule has 0 unspecified atom stereocenters. The standard InChI is InChI=1S/C17H16N2O/c18-12-16-11-17(15-9-5-2-6-10-15)19(20-16)13-14-7-3-1-4-8-14/h1-10,16-17H,11,13H2/t16-,17-/m1/s1. The van der Waals surface area contributed by atoms with Crippen LogP contribution in [0.3, 0.4) is 0 Å². The molecule has 2 aromatic rings. The zero-order valence-electron chi connectivity index (χ0n) is 11.1. The average Bonchev–Trinajstić information content (AvgIpc) is 2.92. The molecule has 0 saturated carbocycles. The van der Waals surface area contributed by atoms with Gasteiger partial charge in [0.2, 0.25) is 0 Å². The van der Waals surface area contributed by atoms with Crippen molar-refractivity contribution in [1.82, 2.24) is 5.06 Å². The molecule has 2 atom stereocenters. The summed E-state index contributed by atoms with van der Waals surface area (Å²) in [6, 6.07) is 22.8. The first-order chi connectivity index (χ1) is 9.86. The predicted molar refractivity (Wildman–Crippen MR) is 76.3 cm³/mol. The molecule has 20 heavy (non-hydrogen) atoms. The summed E-state index contributed by atoms with van der Waals surface area (Å²) in [5.41, 5.74) is 2.38. The summed E-state index contributed by atoms with van der Waals surface area (Å²) in [7, 11) is 0. The minimum absolute atomic E-state index is 0.140. The van der Waals surface area contributed by atoms with Crippen LogP contribution >= 0.6 is 0 Å². The van der Waals surface area contributed by atoms with Crippen molar-refractivity contribution in [1.29, 1.82) is 5.26 Å². The van der Waals surface area contributed by atoms with Crippen LogP contribution in [0.4, 0.5) is 0 Å². The highest BCUT2D eigenvalue weighted by molar-refractivity contribution is 5.21. The van der Waals surface area contributed by atoms with Crippen LogP contribution in [0.5, 0.6) is 0 Å². The SMILES string of the molecule is N#C[C@H]1C[C@H](c2ccccc2)N(Cc2ccccc2)O1. The van der Waals surface area contributed by atoms with Crippen LogP contribution in [-0.4, -0.2) is 11.2 Å². The molecule has 1 fully saturated rings. The van der Waals surface area contributed by atoms with Crippen LogP contribution in [0.15, 0.2) is 60.7 Å². The fourth-order valence-electron chi connectivity index (χ4n) is 2.56. The van der Waals surface area contributed by atoms with Gasteiger partial charge in [0.15, 0.2) is 6.10 Å². The summed E-state index contributed by atoms with van der Waals surface area (Å²) >= 11 is 0. The monoisotopic (exact) mass is 264 g/mol. The molecule has 3 rings (SSSR count). The first kappa shape index (κ1) is 12.9. The van der Waals surface area contributed by atoms with Gasteiger partial charge in [0.25, 0.3) is 0 Å². The second-order valence-corrected chi connectivity index (χ2v) is 4.95. The minimum Gasteiger partial charge on any atom is -0.279 e. The van der Waals surface area contributed by atoms with Gasteiger partial charge in [-0.3, -0.25) is 4.84 Å². The molecule has 0 spiro atoms. The number of nitrogens with zero attached hydrogens (tertiary/aromatic N) is 2. The van der Waals surface area contributed by atoms with Gasteiger partial charge in [-0.1, -0.05) is 60.7 Å². The van der Waals surface area contributed by atoms with E-state index in [0.717, 1.165) is 0 Å². The maximum absolute atomic E-state index is 9.11. The van der Waals surface area contributed by atoms with Crippen molar-refractivity contribution < 1.29 is 4.84 Å². The maximum Gasteiger partial charge on any atom is 0.167 e. The first-order valence-electron chi connectivity index (χ1n) is 6.79. The lowest BCUT2D eigenvalue weighted by Crippen LogP contribution is -2.22. The molecule has 0 aliphatic carbocycles. The van der Waals surface area contributed by atoms with Gasteiger partial charge >= 0.3 is 0 Å². The third-order valence-corrected chi connectivity index (χ3v) is 3.56. The van der Waals surface area contributed by atoms with Gasteiger partial charge in [0.1, 0.15) is 0 Å². The second-order valence-electron chi connectivity index (χ2n) is 4.95. The molecule has 1 aliphatic heterocycles. The number of hydrogen-bond acceptors (Lipinski definition) is 3. The van der Waals surface area contributed by atoms with Crippen molar-refractivity contribution in [3.05, 3.63) is 71.8 Å². The largest absolute Gasteiger partial charge is 0.279 e. The number of rotatable bonds is 3. The Morgan fingerprint density at radius 3 is 2.35 bits per heavy atom. The number of nitriles is 1. The Labute approximate surface area is 119 Å². The first-order valence-corrected chi connectivity index (χ1v) is 6.79. The van der Waals surface area contributed by atoms with Crippen molar-refractivity contribution in [2.75, 3.05) is 0 Å². The van der Waals surface area contributed by atoms with E-state index in [9.17, 15) is 0 Å². The van der Waals surface area contributed by atoms with E-state index in [4.69, 9.17) is 10.1 Å². The van der Waals surface area contributed by atoms with E-state index in [2.05, 4.69) is 30.3 Å². The third kappa shape index (κ3) is 2.72. The van der Waals surface area contributed by atoms with E-state index in [1.165, 1.54) is 11.1 Å². The van der Waals surface area contributed by atoms with Crippen LogP contribution in [0, 0.1) is 11.3 Å². The molecular formula is C17H16N2O. The van der Waals surface area contributed by atoms with Crippen LogP contribution in [0.2, 0.25) is 0 Å². The smallest absolute Gasteiger partial charge is 0.167 e. The normalized spacial score (nSPS) is 22.6. The molecule has 0 aromatic heterocycles. The fraction of sp³-hybridized carbons (Fsp3) is 0.235. The van der Waals surface area contributed by atoms with Gasteiger partial charge in [-0.05, 0) is 11.1 Å². The Hall–Kier alpha value is -2.15. The molecule has 1 aliphatic rings. The molecule has 0 bridgehead atoms. The molecule has 1 saturated heterocycles. The topological polar surface area (TPSA) is 36.3 Å². The third-order valence-electron chi connectivity index (χ3n) is 3.56. The summed E-state index contributed by atoms with van der Waals surface area (Å²) in [4.78, 5) is 5.75. The summed E-state index contributed by atoms with van der Waals surface area (Å²) < 4.78 is 0. The average molecular weight is 264 g/mol. The summed E-state index contributed by atoms with van der Waals surface area (Å²) in [6.07, 6.45) is 0.358. The highest BCUT2D eigenvalue weighted by Crippen LogP contribution is 2.34. The van der Waals surface area contributed by atoms with Crippen molar-refractivity contribution in [3.8, 4) is 6.07 Å². The molecule has 0 radical (unpaired) electrons. The Kier molecular flexibility index (Phi) is 3.78. The lowest BCUT2D eigenvalue weighted by Gasteiger charge is -2.22. The molecule has 0 amide bonds.